The number of aromatic nitrogens is 3. The average molecular weight is 456 g/mol. The van der Waals surface area contributed by atoms with E-state index in [1.54, 1.807) is 24.3 Å². The highest BCUT2D eigenvalue weighted by Crippen LogP contribution is 2.30. The van der Waals surface area contributed by atoms with E-state index in [9.17, 15) is 14.7 Å². The van der Waals surface area contributed by atoms with Gasteiger partial charge in [-0.05, 0) is 73.0 Å². The van der Waals surface area contributed by atoms with E-state index >= 15 is 0 Å². The summed E-state index contributed by atoms with van der Waals surface area (Å²) < 4.78 is 6.07. The van der Waals surface area contributed by atoms with Crippen molar-refractivity contribution in [3.63, 3.8) is 0 Å². The Bertz CT molecular complexity index is 1370. The minimum atomic E-state index is -1.05. The smallest absolute Gasteiger partial charge is 0.335 e. The molecule has 0 aliphatic rings. The molecule has 2 N–H and O–H groups in total. The van der Waals surface area contributed by atoms with Gasteiger partial charge in [-0.15, -0.1) is 0 Å². The summed E-state index contributed by atoms with van der Waals surface area (Å²) in [5.41, 5.74) is 4.55. The van der Waals surface area contributed by atoms with Gasteiger partial charge in [0, 0.05) is 23.2 Å². The van der Waals surface area contributed by atoms with E-state index in [4.69, 9.17) is 4.74 Å². The number of benzene rings is 2. The second-order valence-electron chi connectivity index (χ2n) is 8.42. The van der Waals surface area contributed by atoms with Crippen LogP contribution in [0.4, 0.5) is 0 Å². The van der Waals surface area contributed by atoms with E-state index in [2.05, 4.69) is 29.0 Å². The van der Waals surface area contributed by atoms with Crippen LogP contribution in [0.2, 0.25) is 0 Å². The van der Waals surface area contributed by atoms with E-state index in [0.717, 1.165) is 22.6 Å². The Morgan fingerprint density at radius 2 is 1.71 bits per heavy atom. The van der Waals surface area contributed by atoms with Crippen LogP contribution in [-0.4, -0.2) is 26.3 Å². The molecule has 7 heteroatoms. The minimum Gasteiger partial charge on any atom is -0.478 e. The molecule has 0 aliphatic heterocycles. The number of carboxylic acids is 1. The summed E-state index contributed by atoms with van der Waals surface area (Å²) in [5, 5.41) is 18.0. The molecule has 2 heterocycles. The van der Waals surface area contributed by atoms with Gasteiger partial charge in [-0.25, -0.2) is 4.79 Å². The summed E-state index contributed by atoms with van der Waals surface area (Å²) >= 11 is 0. The molecule has 34 heavy (non-hydrogen) atoms. The molecule has 0 radical (unpaired) electrons. The first-order valence-electron chi connectivity index (χ1n) is 11.0. The zero-order valence-electron chi connectivity index (χ0n) is 19.2. The number of aryl methyl sites for hydroxylation is 1. The molecule has 0 fully saturated rings. The van der Waals surface area contributed by atoms with Crippen LogP contribution in [0.25, 0.3) is 11.3 Å². The maximum Gasteiger partial charge on any atom is 0.335 e. The van der Waals surface area contributed by atoms with Gasteiger partial charge in [0.25, 0.3) is 5.56 Å². The lowest BCUT2D eigenvalue weighted by molar-refractivity contribution is 0.0696. The highest BCUT2D eigenvalue weighted by Gasteiger charge is 2.13. The van der Waals surface area contributed by atoms with Crippen molar-refractivity contribution >= 4 is 5.97 Å². The molecule has 172 valence electrons. The Morgan fingerprint density at radius 3 is 2.32 bits per heavy atom. The fourth-order valence-corrected chi connectivity index (χ4v) is 3.50. The third-order valence-corrected chi connectivity index (χ3v) is 5.49. The average Bonchev–Trinajstić information content (AvgIpc) is 2.82. The van der Waals surface area contributed by atoms with Crippen molar-refractivity contribution in [2.75, 3.05) is 0 Å². The number of carboxylic acid groups (broad SMARTS) is 1. The van der Waals surface area contributed by atoms with Gasteiger partial charge < -0.3 is 14.8 Å². The van der Waals surface area contributed by atoms with E-state index in [1.807, 2.05) is 37.3 Å². The molecule has 7 nitrogen and oxygen atoms in total. The number of aromatic carboxylic acids is 1. The third kappa shape index (κ3) is 5.20. The van der Waals surface area contributed by atoms with Gasteiger partial charge in [-0.2, -0.15) is 10.2 Å². The molecule has 0 unspecified atom stereocenters. The standard InChI is InChI=1S/C27H25N3O4/c1-16(2)23-12-13-24(30-29-23)18-8-10-22(11-9-18)34-25-15-21(27(32)33)7-6-19(25)14-20-5-4-17(3)28-26(20)31/h4-13,15-16H,14H2,1-3H3,(H,28,31)(H,32,33). The molecule has 0 saturated heterocycles. The summed E-state index contributed by atoms with van der Waals surface area (Å²) in [6.07, 6.45) is 0.306. The van der Waals surface area contributed by atoms with Crippen LogP contribution < -0.4 is 10.3 Å². The van der Waals surface area contributed by atoms with Gasteiger partial charge in [-0.1, -0.05) is 26.0 Å². The van der Waals surface area contributed by atoms with E-state index in [1.165, 1.54) is 12.1 Å². The Balaban J connectivity index is 1.61. The molecule has 0 saturated carbocycles. The fourth-order valence-electron chi connectivity index (χ4n) is 3.50. The Labute approximate surface area is 197 Å². The molecular weight excluding hydrogens is 430 g/mol. The molecule has 4 aromatic rings. The number of aromatic amines is 1. The summed E-state index contributed by atoms with van der Waals surface area (Å²) in [7, 11) is 0. The number of ether oxygens (including phenoxy) is 1. The monoisotopic (exact) mass is 455 g/mol. The van der Waals surface area contributed by atoms with Gasteiger partial charge in [0.05, 0.1) is 17.0 Å². The molecule has 0 amide bonds. The fraction of sp³-hybridized carbons (Fsp3) is 0.185. The van der Waals surface area contributed by atoms with Crippen LogP contribution in [0, 0.1) is 6.92 Å². The lowest BCUT2D eigenvalue weighted by Gasteiger charge is -2.13. The van der Waals surface area contributed by atoms with Crippen molar-refractivity contribution in [2.45, 2.75) is 33.1 Å². The normalized spacial score (nSPS) is 10.9. The van der Waals surface area contributed by atoms with Gasteiger partial charge in [0.2, 0.25) is 0 Å². The molecular formula is C27H25N3O4. The summed E-state index contributed by atoms with van der Waals surface area (Å²) in [6, 6.07) is 19.5. The largest absolute Gasteiger partial charge is 0.478 e. The van der Waals surface area contributed by atoms with Gasteiger partial charge >= 0.3 is 5.97 Å². The van der Waals surface area contributed by atoms with Crippen LogP contribution in [-0.2, 0) is 6.42 Å². The SMILES string of the molecule is Cc1ccc(Cc2ccc(C(=O)O)cc2Oc2ccc(-c3ccc(C(C)C)nn3)cc2)c(=O)[nH]1. The third-order valence-electron chi connectivity index (χ3n) is 5.49. The number of hydrogen-bond acceptors (Lipinski definition) is 5. The van der Waals surface area contributed by atoms with Gasteiger partial charge in [0.1, 0.15) is 11.5 Å². The van der Waals surface area contributed by atoms with Gasteiger partial charge in [0.15, 0.2) is 0 Å². The molecule has 0 bridgehead atoms. The molecule has 0 aliphatic carbocycles. The zero-order chi connectivity index (χ0) is 24.2. The van der Waals surface area contributed by atoms with E-state index < -0.39 is 5.97 Å². The quantitative estimate of drug-likeness (QED) is 0.389. The zero-order valence-corrected chi connectivity index (χ0v) is 19.2. The maximum atomic E-state index is 12.3. The maximum absolute atomic E-state index is 12.3. The second-order valence-corrected chi connectivity index (χ2v) is 8.42. The number of hydrogen-bond donors (Lipinski definition) is 2. The number of nitrogens with one attached hydrogen (secondary N) is 1. The first-order valence-corrected chi connectivity index (χ1v) is 11.0. The predicted octanol–water partition coefficient (Wildman–Crippen LogP) is 5.35. The lowest BCUT2D eigenvalue weighted by Crippen LogP contribution is -2.13. The van der Waals surface area contributed by atoms with E-state index in [0.29, 0.717) is 35.0 Å². The van der Waals surface area contributed by atoms with Crippen molar-refractivity contribution in [3.8, 4) is 22.8 Å². The van der Waals surface area contributed by atoms with Crippen molar-refractivity contribution in [3.05, 3.63) is 105 Å². The second kappa shape index (κ2) is 9.70. The van der Waals surface area contributed by atoms with Crippen molar-refractivity contribution in [1.29, 1.82) is 0 Å². The number of rotatable bonds is 7. The number of pyridine rings is 1. The molecule has 4 rings (SSSR count). The van der Waals surface area contributed by atoms with Crippen LogP contribution in [0.1, 0.15) is 52.6 Å². The molecule has 2 aromatic carbocycles. The van der Waals surface area contributed by atoms with Crippen LogP contribution in [0.5, 0.6) is 11.5 Å². The summed E-state index contributed by atoms with van der Waals surface area (Å²) in [5.74, 6) is 0.178. The topological polar surface area (TPSA) is 105 Å². The van der Waals surface area contributed by atoms with Crippen molar-refractivity contribution in [2.24, 2.45) is 0 Å². The highest BCUT2D eigenvalue weighted by atomic mass is 16.5. The lowest BCUT2D eigenvalue weighted by atomic mass is 10.0. The minimum absolute atomic E-state index is 0.105. The van der Waals surface area contributed by atoms with Crippen molar-refractivity contribution in [1.82, 2.24) is 15.2 Å². The number of carbonyl (C=O) groups is 1. The molecule has 0 spiro atoms. The van der Waals surface area contributed by atoms with Gasteiger partial charge in [-0.3, -0.25) is 4.79 Å². The molecule has 2 aromatic heterocycles. The first-order chi connectivity index (χ1) is 16.3. The predicted molar refractivity (Wildman–Crippen MR) is 130 cm³/mol. The van der Waals surface area contributed by atoms with Crippen LogP contribution >= 0.6 is 0 Å². The first kappa shape index (κ1) is 22.9. The highest BCUT2D eigenvalue weighted by molar-refractivity contribution is 5.88. The number of H-pyrrole nitrogens is 1. The summed E-state index contributed by atoms with van der Waals surface area (Å²) in [4.78, 5) is 26.6. The molecule has 0 atom stereocenters. The van der Waals surface area contributed by atoms with Crippen LogP contribution in [0.3, 0.4) is 0 Å². The Hall–Kier alpha value is -4.26. The van der Waals surface area contributed by atoms with E-state index in [-0.39, 0.29) is 11.1 Å². The summed E-state index contributed by atoms with van der Waals surface area (Å²) in [6.45, 7) is 5.95. The number of nitrogens with zero attached hydrogens (tertiary/aromatic N) is 2. The van der Waals surface area contributed by atoms with Crippen LogP contribution in [0.15, 0.2) is 71.5 Å². The van der Waals surface area contributed by atoms with Crippen molar-refractivity contribution < 1.29 is 14.6 Å². The Kier molecular flexibility index (Phi) is 6.54. The Morgan fingerprint density at radius 1 is 0.971 bits per heavy atom.